The van der Waals surface area contributed by atoms with Gasteiger partial charge in [0.2, 0.25) is 0 Å². The lowest BCUT2D eigenvalue weighted by molar-refractivity contribution is -0.132. The Morgan fingerprint density at radius 2 is 1.77 bits per heavy atom. The number of fused-ring (bicyclic) bond motifs is 1. The molecule has 0 saturated carbocycles. The summed E-state index contributed by atoms with van der Waals surface area (Å²) < 4.78 is 0. The smallest absolute Gasteiger partial charge is 0.319 e. The summed E-state index contributed by atoms with van der Waals surface area (Å²) in [5.74, 6) is 0.550. The van der Waals surface area contributed by atoms with Crippen molar-refractivity contribution in [1.82, 2.24) is 15.1 Å². The molecule has 2 fully saturated rings. The Morgan fingerprint density at radius 1 is 1.08 bits per heavy atom. The number of hydrogen-bond acceptors (Lipinski definition) is 3. The molecular formula is C21H25N3O2. The van der Waals surface area contributed by atoms with Crippen molar-refractivity contribution >= 4 is 22.7 Å². The lowest BCUT2D eigenvalue weighted by atomic mass is 9.90. The Kier molecular flexibility index (Phi) is 4.19. The SMILES string of the molecule is CC1CCN(CN2C(=O)N[C@](C)(c3ccc4ccccc4c3)C2=O)CC1. The number of hydrogen-bond donors (Lipinski definition) is 1. The third-order valence-electron chi connectivity index (χ3n) is 5.82. The number of likely N-dealkylation sites (tertiary alicyclic amines) is 1. The van der Waals surface area contributed by atoms with E-state index in [4.69, 9.17) is 0 Å². The van der Waals surface area contributed by atoms with Crippen molar-refractivity contribution in [3.8, 4) is 0 Å². The standard InChI is InChI=1S/C21H25N3O2/c1-15-9-11-23(12-10-15)14-24-19(25)21(2,22-20(24)26)18-8-7-16-5-3-4-6-17(16)13-18/h3-8,13,15H,9-12,14H2,1-2H3,(H,22,26)/t21-/m1/s1. The molecule has 0 radical (unpaired) electrons. The third kappa shape index (κ3) is 2.86. The van der Waals surface area contributed by atoms with E-state index >= 15 is 0 Å². The van der Waals surface area contributed by atoms with E-state index in [0.29, 0.717) is 6.67 Å². The van der Waals surface area contributed by atoms with Gasteiger partial charge < -0.3 is 5.32 Å². The fourth-order valence-corrected chi connectivity index (χ4v) is 3.92. The molecule has 1 atom stereocenters. The molecule has 26 heavy (non-hydrogen) atoms. The summed E-state index contributed by atoms with van der Waals surface area (Å²) in [6.45, 7) is 6.30. The number of carbonyl (C=O) groups excluding carboxylic acids is 2. The summed E-state index contributed by atoms with van der Waals surface area (Å²) in [7, 11) is 0. The minimum absolute atomic E-state index is 0.170. The molecule has 2 aliphatic heterocycles. The van der Waals surface area contributed by atoms with Crippen LogP contribution in [0.4, 0.5) is 4.79 Å². The van der Waals surface area contributed by atoms with E-state index in [1.165, 1.54) is 4.90 Å². The zero-order valence-electron chi connectivity index (χ0n) is 15.4. The van der Waals surface area contributed by atoms with Gasteiger partial charge in [-0.2, -0.15) is 0 Å². The Morgan fingerprint density at radius 3 is 2.50 bits per heavy atom. The molecule has 2 aromatic rings. The van der Waals surface area contributed by atoms with Crippen molar-refractivity contribution in [2.24, 2.45) is 5.92 Å². The first kappa shape index (κ1) is 17.0. The Hall–Kier alpha value is -2.40. The van der Waals surface area contributed by atoms with Gasteiger partial charge in [0, 0.05) is 13.1 Å². The van der Waals surface area contributed by atoms with Crippen LogP contribution in [0.5, 0.6) is 0 Å². The summed E-state index contributed by atoms with van der Waals surface area (Å²) in [5.41, 5.74) is -0.186. The van der Waals surface area contributed by atoms with Crippen molar-refractivity contribution < 1.29 is 9.59 Å². The highest BCUT2D eigenvalue weighted by Gasteiger charge is 2.49. The first-order chi connectivity index (χ1) is 12.5. The molecule has 2 aromatic carbocycles. The van der Waals surface area contributed by atoms with Crippen LogP contribution < -0.4 is 5.32 Å². The van der Waals surface area contributed by atoms with Crippen LogP contribution in [0, 0.1) is 5.92 Å². The number of amides is 3. The van der Waals surface area contributed by atoms with E-state index in [1.54, 1.807) is 6.92 Å². The van der Waals surface area contributed by atoms with Crippen LogP contribution in [0.1, 0.15) is 32.3 Å². The van der Waals surface area contributed by atoms with Gasteiger partial charge in [-0.25, -0.2) is 9.69 Å². The van der Waals surface area contributed by atoms with Crippen molar-refractivity contribution in [3.05, 3.63) is 48.0 Å². The zero-order chi connectivity index (χ0) is 18.3. The molecule has 2 saturated heterocycles. The van der Waals surface area contributed by atoms with Gasteiger partial charge in [0.05, 0.1) is 6.67 Å². The first-order valence-corrected chi connectivity index (χ1v) is 9.33. The molecule has 0 bridgehead atoms. The number of rotatable bonds is 3. The monoisotopic (exact) mass is 351 g/mol. The van der Waals surface area contributed by atoms with E-state index in [-0.39, 0.29) is 11.9 Å². The van der Waals surface area contributed by atoms with E-state index < -0.39 is 5.54 Å². The highest BCUT2D eigenvalue weighted by atomic mass is 16.2. The van der Waals surface area contributed by atoms with Crippen LogP contribution in [0.15, 0.2) is 42.5 Å². The molecule has 0 spiro atoms. The highest BCUT2D eigenvalue weighted by molar-refractivity contribution is 6.07. The van der Waals surface area contributed by atoms with Gasteiger partial charge in [0.1, 0.15) is 5.54 Å². The number of benzene rings is 2. The van der Waals surface area contributed by atoms with E-state index in [0.717, 1.165) is 48.2 Å². The third-order valence-corrected chi connectivity index (χ3v) is 5.82. The predicted molar refractivity (Wildman–Crippen MR) is 102 cm³/mol. The molecule has 0 unspecified atom stereocenters. The molecule has 4 rings (SSSR count). The maximum atomic E-state index is 13.1. The predicted octanol–water partition coefficient (Wildman–Crippen LogP) is 3.30. The molecule has 3 amide bonds. The van der Waals surface area contributed by atoms with Gasteiger partial charge >= 0.3 is 6.03 Å². The molecule has 0 aromatic heterocycles. The van der Waals surface area contributed by atoms with Crippen molar-refractivity contribution in [3.63, 3.8) is 0 Å². The lowest BCUT2D eigenvalue weighted by Crippen LogP contribution is -2.46. The highest BCUT2D eigenvalue weighted by Crippen LogP contribution is 2.31. The fraction of sp³-hybridized carbons (Fsp3) is 0.429. The Bertz CT molecular complexity index is 857. The minimum atomic E-state index is -1.01. The molecule has 2 aliphatic rings. The van der Waals surface area contributed by atoms with Crippen LogP contribution in [0.3, 0.4) is 0 Å². The van der Waals surface area contributed by atoms with Gasteiger partial charge in [-0.3, -0.25) is 9.69 Å². The first-order valence-electron chi connectivity index (χ1n) is 9.33. The second-order valence-electron chi connectivity index (χ2n) is 7.79. The number of piperidine rings is 1. The normalized spacial score (nSPS) is 25.1. The zero-order valence-corrected chi connectivity index (χ0v) is 15.4. The molecule has 2 heterocycles. The molecule has 5 heteroatoms. The Balaban J connectivity index is 1.58. The minimum Gasteiger partial charge on any atom is -0.319 e. The number of nitrogens with zero attached hydrogens (tertiary/aromatic N) is 2. The van der Waals surface area contributed by atoms with Crippen molar-refractivity contribution in [1.29, 1.82) is 0 Å². The fourth-order valence-electron chi connectivity index (χ4n) is 3.92. The van der Waals surface area contributed by atoms with E-state index in [2.05, 4.69) is 17.1 Å². The molecule has 1 N–H and O–H groups in total. The van der Waals surface area contributed by atoms with Crippen LogP contribution >= 0.6 is 0 Å². The van der Waals surface area contributed by atoms with Crippen molar-refractivity contribution in [2.45, 2.75) is 32.2 Å². The quantitative estimate of drug-likeness (QED) is 0.864. The van der Waals surface area contributed by atoms with Gasteiger partial charge in [-0.05, 0) is 48.1 Å². The second-order valence-corrected chi connectivity index (χ2v) is 7.79. The average molecular weight is 351 g/mol. The van der Waals surface area contributed by atoms with Crippen molar-refractivity contribution in [2.75, 3.05) is 19.8 Å². The number of imide groups is 1. The lowest BCUT2D eigenvalue weighted by Gasteiger charge is -2.32. The maximum Gasteiger partial charge on any atom is 0.326 e. The van der Waals surface area contributed by atoms with Gasteiger partial charge in [-0.15, -0.1) is 0 Å². The van der Waals surface area contributed by atoms with Crippen LogP contribution in [-0.4, -0.2) is 41.5 Å². The largest absolute Gasteiger partial charge is 0.326 e. The van der Waals surface area contributed by atoms with Gasteiger partial charge in [-0.1, -0.05) is 43.3 Å². The number of urea groups is 1. The van der Waals surface area contributed by atoms with E-state index in [1.807, 2.05) is 42.5 Å². The van der Waals surface area contributed by atoms with Crippen LogP contribution in [0.2, 0.25) is 0 Å². The van der Waals surface area contributed by atoms with Crippen LogP contribution in [0.25, 0.3) is 10.8 Å². The molecular weight excluding hydrogens is 326 g/mol. The summed E-state index contributed by atoms with van der Waals surface area (Å²) >= 11 is 0. The summed E-state index contributed by atoms with van der Waals surface area (Å²) in [4.78, 5) is 29.2. The summed E-state index contributed by atoms with van der Waals surface area (Å²) in [5, 5.41) is 5.11. The average Bonchev–Trinajstić information content (AvgIpc) is 2.87. The maximum absolute atomic E-state index is 13.1. The molecule has 136 valence electrons. The van der Waals surface area contributed by atoms with Gasteiger partial charge in [0.15, 0.2) is 0 Å². The number of carbonyl (C=O) groups is 2. The Labute approximate surface area is 154 Å². The van der Waals surface area contributed by atoms with E-state index in [9.17, 15) is 9.59 Å². The summed E-state index contributed by atoms with van der Waals surface area (Å²) in [6, 6.07) is 13.7. The topological polar surface area (TPSA) is 52.6 Å². The van der Waals surface area contributed by atoms with Crippen LogP contribution in [-0.2, 0) is 10.3 Å². The molecule has 0 aliphatic carbocycles. The second kappa shape index (κ2) is 6.40. The van der Waals surface area contributed by atoms with Gasteiger partial charge in [0.25, 0.3) is 5.91 Å². The number of nitrogens with one attached hydrogen (secondary N) is 1. The molecule has 5 nitrogen and oxygen atoms in total. The summed E-state index contributed by atoms with van der Waals surface area (Å²) in [6.07, 6.45) is 2.23.